The highest BCUT2D eigenvalue weighted by Gasteiger charge is 2.16. The smallest absolute Gasteiger partial charge is 0.133 e. The second-order valence-corrected chi connectivity index (χ2v) is 4.52. The predicted molar refractivity (Wildman–Crippen MR) is 73.2 cm³/mol. The zero-order valence-corrected chi connectivity index (χ0v) is 11.3. The van der Waals surface area contributed by atoms with Crippen LogP contribution in [0.5, 0.6) is 0 Å². The largest absolute Gasteiger partial charge is 0.383 e. The van der Waals surface area contributed by atoms with Crippen molar-refractivity contribution in [3.63, 3.8) is 0 Å². The van der Waals surface area contributed by atoms with Crippen molar-refractivity contribution in [3.8, 4) is 11.4 Å². The molecule has 0 aliphatic heterocycles. The van der Waals surface area contributed by atoms with E-state index in [1.807, 2.05) is 19.4 Å². The van der Waals surface area contributed by atoms with Crippen LogP contribution in [0.1, 0.15) is 32.5 Å². The van der Waals surface area contributed by atoms with Gasteiger partial charge in [-0.3, -0.25) is 0 Å². The molecular weight excluding hydrogens is 226 g/mol. The summed E-state index contributed by atoms with van der Waals surface area (Å²) in [7, 11) is 0. The molecule has 2 rings (SSSR count). The summed E-state index contributed by atoms with van der Waals surface area (Å²) < 4.78 is 4.17. The van der Waals surface area contributed by atoms with Crippen LogP contribution in [-0.4, -0.2) is 19.1 Å². The van der Waals surface area contributed by atoms with Crippen LogP contribution in [0.25, 0.3) is 11.4 Å². The number of aromatic nitrogens is 4. The van der Waals surface area contributed by atoms with Crippen molar-refractivity contribution in [1.29, 1.82) is 0 Å². The second-order valence-electron chi connectivity index (χ2n) is 4.52. The molecule has 0 aromatic carbocycles. The maximum absolute atomic E-state index is 6.21. The Morgan fingerprint density at radius 2 is 1.94 bits per heavy atom. The summed E-state index contributed by atoms with van der Waals surface area (Å²) in [6.07, 6.45) is 5.80. The fourth-order valence-corrected chi connectivity index (χ4v) is 2.21. The molecule has 2 aromatic heterocycles. The minimum absolute atomic E-state index is 0.743. The van der Waals surface area contributed by atoms with Crippen molar-refractivity contribution in [2.45, 2.75) is 46.7 Å². The van der Waals surface area contributed by atoms with E-state index < -0.39 is 0 Å². The van der Waals surface area contributed by atoms with Gasteiger partial charge < -0.3 is 14.9 Å². The number of imidazole rings is 2. The number of rotatable bonds is 5. The fourth-order valence-electron chi connectivity index (χ4n) is 2.21. The van der Waals surface area contributed by atoms with Crippen molar-refractivity contribution in [3.05, 3.63) is 18.3 Å². The molecule has 0 atom stereocenters. The number of hydrogen-bond donors (Lipinski definition) is 1. The highest BCUT2D eigenvalue weighted by Crippen LogP contribution is 2.26. The first-order valence-corrected chi connectivity index (χ1v) is 6.52. The van der Waals surface area contributed by atoms with Gasteiger partial charge in [0.15, 0.2) is 0 Å². The molecule has 98 valence electrons. The molecule has 0 bridgehead atoms. The topological polar surface area (TPSA) is 61.7 Å². The highest BCUT2D eigenvalue weighted by atomic mass is 15.2. The highest BCUT2D eigenvalue weighted by molar-refractivity contribution is 5.67. The minimum Gasteiger partial charge on any atom is -0.383 e. The van der Waals surface area contributed by atoms with Gasteiger partial charge in [-0.25, -0.2) is 9.97 Å². The zero-order valence-electron chi connectivity index (χ0n) is 11.3. The molecule has 2 N–H and O–H groups in total. The first-order chi connectivity index (χ1) is 8.69. The Bertz CT molecular complexity index is 523. The quantitative estimate of drug-likeness (QED) is 0.882. The summed E-state index contributed by atoms with van der Waals surface area (Å²) in [5.74, 6) is 1.71. The van der Waals surface area contributed by atoms with Gasteiger partial charge in [-0.1, -0.05) is 13.8 Å². The molecule has 0 amide bonds. The molecule has 0 fully saturated rings. The van der Waals surface area contributed by atoms with Crippen LogP contribution in [0, 0.1) is 6.92 Å². The van der Waals surface area contributed by atoms with Gasteiger partial charge >= 0.3 is 0 Å². The molecule has 0 saturated heterocycles. The lowest BCUT2D eigenvalue weighted by molar-refractivity contribution is 0.665. The van der Waals surface area contributed by atoms with Gasteiger partial charge in [0.25, 0.3) is 0 Å². The van der Waals surface area contributed by atoms with Crippen molar-refractivity contribution >= 4 is 5.82 Å². The lowest BCUT2D eigenvalue weighted by Crippen LogP contribution is -2.05. The standard InChI is InChI=1S/C13H21N5/c1-4-6-17-9-15-8-11(17)12-13(14)18(7-5-2)10(3)16-12/h8-9H,4-7,14H2,1-3H3. The van der Waals surface area contributed by atoms with E-state index >= 15 is 0 Å². The molecule has 18 heavy (non-hydrogen) atoms. The molecule has 0 saturated carbocycles. The number of aryl methyl sites for hydroxylation is 2. The van der Waals surface area contributed by atoms with Gasteiger partial charge in [-0.15, -0.1) is 0 Å². The van der Waals surface area contributed by atoms with E-state index in [2.05, 4.69) is 32.9 Å². The van der Waals surface area contributed by atoms with Gasteiger partial charge in [-0.05, 0) is 19.8 Å². The zero-order chi connectivity index (χ0) is 13.1. The van der Waals surface area contributed by atoms with Gasteiger partial charge in [0.05, 0.1) is 18.2 Å². The Balaban J connectivity index is 2.44. The SMILES string of the molecule is CCCn1cncc1-c1nc(C)n(CCC)c1N. The molecule has 0 unspecified atom stereocenters. The van der Waals surface area contributed by atoms with Crippen LogP contribution >= 0.6 is 0 Å². The minimum atomic E-state index is 0.743. The number of anilines is 1. The molecule has 0 spiro atoms. The molecule has 0 radical (unpaired) electrons. The third-order valence-corrected chi connectivity index (χ3v) is 3.06. The number of nitrogen functional groups attached to an aromatic ring is 1. The van der Waals surface area contributed by atoms with Gasteiger partial charge in [0, 0.05) is 13.1 Å². The monoisotopic (exact) mass is 247 g/mol. The van der Waals surface area contributed by atoms with Crippen molar-refractivity contribution in [2.24, 2.45) is 0 Å². The Morgan fingerprint density at radius 1 is 1.22 bits per heavy atom. The van der Waals surface area contributed by atoms with Crippen LogP contribution in [0.15, 0.2) is 12.5 Å². The van der Waals surface area contributed by atoms with Crippen LogP contribution in [0.2, 0.25) is 0 Å². The van der Waals surface area contributed by atoms with Gasteiger partial charge in [0.2, 0.25) is 0 Å². The van der Waals surface area contributed by atoms with Crippen molar-refractivity contribution in [1.82, 2.24) is 19.1 Å². The van der Waals surface area contributed by atoms with Crippen molar-refractivity contribution in [2.75, 3.05) is 5.73 Å². The number of hydrogen-bond acceptors (Lipinski definition) is 3. The average Bonchev–Trinajstić information content (AvgIpc) is 2.89. The van der Waals surface area contributed by atoms with Crippen LogP contribution < -0.4 is 5.73 Å². The molecule has 5 heteroatoms. The second kappa shape index (κ2) is 5.25. The van der Waals surface area contributed by atoms with E-state index in [1.165, 1.54) is 0 Å². The Kier molecular flexibility index (Phi) is 3.69. The Labute approximate surface area is 108 Å². The van der Waals surface area contributed by atoms with Crippen LogP contribution in [0.4, 0.5) is 5.82 Å². The van der Waals surface area contributed by atoms with Crippen molar-refractivity contribution < 1.29 is 0 Å². The van der Waals surface area contributed by atoms with E-state index in [9.17, 15) is 0 Å². The molecule has 5 nitrogen and oxygen atoms in total. The fraction of sp³-hybridized carbons (Fsp3) is 0.538. The van der Waals surface area contributed by atoms with Gasteiger partial charge in [-0.2, -0.15) is 0 Å². The van der Waals surface area contributed by atoms with E-state index in [0.717, 1.165) is 49.0 Å². The third-order valence-electron chi connectivity index (χ3n) is 3.06. The number of nitrogens with two attached hydrogens (primary N) is 1. The molecule has 0 aliphatic carbocycles. The Morgan fingerprint density at radius 3 is 2.61 bits per heavy atom. The first-order valence-electron chi connectivity index (χ1n) is 6.52. The predicted octanol–water partition coefficient (Wildman–Crippen LogP) is 2.46. The molecule has 0 aliphatic rings. The van der Waals surface area contributed by atoms with Gasteiger partial charge in [0.1, 0.15) is 17.3 Å². The normalized spacial score (nSPS) is 11.1. The Hall–Kier alpha value is -1.78. The summed E-state index contributed by atoms with van der Waals surface area (Å²) in [4.78, 5) is 8.79. The summed E-state index contributed by atoms with van der Waals surface area (Å²) in [5.41, 5.74) is 8.07. The lowest BCUT2D eigenvalue weighted by atomic mass is 10.3. The van der Waals surface area contributed by atoms with Crippen LogP contribution in [-0.2, 0) is 13.1 Å². The molecule has 2 aromatic rings. The summed E-state index contributed by atoms with van der Waals surface area (Å²) in [5, 5.41) is 0. The maximum atomic E-state index is 6.21. The van der Waals surface area contributed by atoms with Crippen LogP contribution in [0.3, 0.4) is 0 Å². The first kappa shape index (κ1) is 12.7. The average molecular weight is 247 g/mol. The van der Waals surface area contributed by atoms with E-state index in [-0.39, 0.29) is 0 Å². The third kappa shape index (κ3) is 2.12. The maximum Gasteiger partial charge on any atom is 0.133 e. The number of nitrogens with zero attached hydrogens (tertiary/aromatic N) is 4. The summed E-state index contributed by atoms with van der Waals surface area (Å²) in [6, 6.07) is 0. The summed E-state index contributed by atoms with van der Waals surface area (Å²) >= 11 is 0. The lowest BCUT2D eigenvalue weighted by Gasteiger charge is -2.07. The van der Waals surface area contributed by atoms with E-state index in [1.54, 1.807) is 0 Å². The molecular formula is C13H21N5. The van der Waals surface area contributed by atoms with E-state index in [0.29, 0.717) is 0 Å². The molecule has 2 heterocycles. The van der Waals surface area contributed by atoms with E-state index in [4.69, 9.17) is 5.73 Å². The summed E-state index contributed by atoms with van der Waals surface area (Å²) in [6.45, 7) is 8.13.